The molecule has 0 unspecified atom stereocenters. The van der Waals surface area contributed by atoms with Crippen LogP contribution in [0.4, 0.5) is 0 Å². The highest BCUT2D eigenvalue weighted by Gasteiger charge is 2.06. The number of carbonyl (C=O) groups excluding carboxylic acids is 1. The van der Waals surface area contributed by atoms with E-state index in [1.54, 1.807) is 19.2 Å². The number of ether oxygens (including phenoxy) is 2. The van der Waals surface area contributed by atoms with Crippen LogP contribution in [0.3, 0.4) is 0 Å². The van der Waals surface area contributed by atoms with Gasteiger partial charge in [-0.3, -0.25) is 4.79 Å². The molecule has 2 aromatic rings. The molecule has 2 rings (SSSR count). The smallest absolute Gasteiger partial charge is 0.248 e. The second kappa shape index (κ2) is 7.31. The van der Waals surface area contributed by atoms with Crippen molar-refractivity contribution in [1.29, 1.82) is 0 Å². The molecule has 0 heterocycles. The SMILES string of the molecule is C/C=C/c1ccc(OCc2ccc(C(N)=O)cc2)c(OC)c1. The first-order valence-corrected chi connectivity index (χ1v) is 6.96. The molecule has 2 aromatic carbocycles. The van der Waals surface area contributed by atoms with Crippen LogP contribution >= 0.6 is 0 Å². The maximum absolute atomic E-state index is 11.0. The van der Waals surface area contributed by atoms with Crippen molar-refractivity contribution in [2.45, 2.75) is 13.5 Å². The number of hydrogen-bond acceptors (Lipinski definition) is 3. The second-order valence-corrected chi connectivity index (χ2v) is 4.76. The van der Waals surface area contributed by atoms with Gasteiger partial charge >= 0.3 is 0 Å². The molecule has 4 heteroatoms. The molecule has 0 aliphatic heterocycles. The summed E-state index contributed by atoms with van der Waals surface area (Å²) in [5, 5.41) is 0. The van der Waals surface area contributed by atoms with Crippen LogP contribution in [0.2, 0.25) is 0 Å². The lowest BCUT2D eigenvalue weighted by Gasteiger charge is -2.11. The van der Waals surface area contributed by atoms with Crippen LogP contribution in [0.1, 0.15) is 28.4 Å². The molecule has 0 aromatic heterocycles. The van der Waals surface area contributed by atoms with Gasteiger partial charge in [0.15, 0.2) is 11.5 Å². The van der Waals surface area contributed by atoms with E-state index in [-0.39, 0.29) is 0 Å². The predicted molar refractivity (Wildman–Crippen MR) is 87.0 cm³/mol. The summed E-state index contributed by atoms with van der Waals surface area (Å²) in [5.41, 5.74) is 7.70. The summed E-state index contributed by atoms with van der Waals surface area (Å²) < 4.78 is 11.1. The Kier molecular flexibility index (Phi) is 5.20. The highest BCUT2D eigenvalue weighted by Crippen LogP contribution is 2.29. The minimum Gasteiger partial charge on any atom is -0.493 e. The first-order valence-electron chi connectivity index (χ1n) is 6.96. The summed E-state index contributed by atoms with van der Waals surface area (Å²) in [6, 6.07) is 12.8. The molecule has 0 saturated heterocycles. The Balaban J connectivity index is 2.09. The van der Waals surface area contributed by atoms with Gasteiger partial charge in [-0.2, -0.15) is 0 Å². The van der Waals surface area contributed by atoms with E-state index in [0.29, 0.717) is 23.7 Å². The van der Waals surface area contributed by atoms with Gasteiger partial charge in [-0.15, -0.1) is 0 Å². The van der Waals surface area contributed by atoms with Gasteiger partial charge in [0, 0.05) is 5.56 Å². The van der Waals surface area contributed by atoms with Crippen molar-refractivity contribution in [3.8, 4) is 11.5 Å². The lowest BCUT2D eigenvalue weighted by Crippen LogP contribution is -2.10. The van der Waals surface area contributed by atoms with Crippen LogP contribution in [0.5, 0.6) is 11.5 Å². The van der Waals surface area contributed by atoms with Crippen molar-refractivity contribution in [2.24, 2.45) is 5.73 Å². The van der Waals surface area contributed by atoms with Crippen molar-refractivity contribution < 1.29 is 14.3 Å². The molecule has 0 aliphatic carbocycles. The average molecular weight is 297 g/mol. The first-order chi connectivity index (χ1) is 10.6. The van der Waals surface area contributed by atoms with E-state index >= 15 is 0 Å². The van der Waals surface area contributed by atoms with Gasteiger partial charge in [0.1, 0.15) is 6.61 Å². The van der Waals surface area contributed by atoms with E-state index in [4.69, 9.17) is 15.2 Å². The third-order valence-electron chi connectivity index (χ3n) is 3.18. The van der Waals surface area contributed by atoms with Crippen molar-refractivity contribution in [2.75, 3.05) is 7.11 Å². The van der Waals surface area contributed by atoms with Gasteiger partial charge in [0.05, 0.1) is 7.11 Å². The number of methoxy groups -OCH3 is 1. The molecule has 0 radical (unpaired) electrons. The molecule has 1 amide bonds. The molecular formula is C18H19NO3. The maximum atomic E-state index is 11.0. The largest absolute Gasteiger partial charge is 0.493 e. The van der Waals surface area contributed by atoms with E-state index in [1.165, 1.54) is 0 Å². The molecule has 0 atom stereocenters. The number of primary amides is 1. The van der Waals surface area contributed by atoms with E-state index < -0.39 is 5.91 Å². The number of rotatable bonds is 6. The summed E-state index contributed by atoms with van der Waals surface area (Å²) in [6.07, 6.45) is 3.96. The summed E-state index contributed by atoms with van der Waals surface area (Å²) >= 11 is 0. The number of benzene rings is 2. The molecule has 22 heavy (non-hydrogen) atoms. The van der Waals surface area contributed by atoms with Gasteiger partial charge in [0.2, 0.25) is 5.91 Å². The van der Waals surface area contributed by atoms with Crippen LogP contribution in [0.15, 0.2) is 48.5 Å². The van der Waals surface area contributed by atoms with E-state index in [0.717, 1.165) is 11.1 Å². The van der Waals surface area contributed by atoms with E-state index in [9.17, 15) is 4.79 Å². The Bertz CT molecular complexity index is 675. The lowest BCUT2D eigenvalue weighted by molar-refractivity contribution is 0.1000. The van der Waals surface area contributed by atoms with Gasteiger partial charge in [-0.05, 0) is 42.3 Å². The molecule has 0 fully saturated rings. The fourth-order valence-electron chi connectivity index (χ4n) is 2.03. The summed E-state index contributed by atoms with van der Waals surface area (Å²) in [7, 11) is 1.61. The Morgan fingerprint density at radius 2 is 1.86 bits per heavy atom. The maximum Gasteiger partial charge on any atom is 0.248 e. The van der Waals surface area contributed by atoms with Gasteiger partial charge in [-0.1, -0.05) is 30.4 Å². The predicted octanol–water partition coefficient (Wildman–Crippen LogP) is 3.41. The third kappa shape index (κ3) is 3.88. The summed E-state index contributed by atoms with van der Waals surface area (Å²) in [4.78, 5) is 11.0. The van der Waals surface area contributed by atoms with E-state index in [1.807, 2.05) is 49.4 Å². The fraction of sp³-hybridized carbons (Fsp3) is 0.167. The summed E-state index contributed by atoms with van der Waals surface area (Å²) in [5.74, 6) is 0.924. The van der Waals surface area contributed by atoms with Gasteiger partial charge < -0.3 is 15.2 Å². The fourth-order valence-corrected chi connectivity index (χ4v) is 2.03. The second-order valence-electron chi connectivity index (χ2n) is 4.76. The Morgan fingerprint density at radius 1 is 1.14 bits per heavy atom. The number of hydrogen-bond donors (Lipinski definition) is 1. The van der Waals surface area contributed by atoms with Crippen molar-refractivity contribution in [3.63, 3.8) is 0 Å². The number of carbonyl (C=O) groups is 1. The first kappa shape index (κ1) is 15.6. The number of amides is 1. The highest BCUT2D eigenvalue weighted by molar-refractivity contribution is 5.92. The molecule has 0 spiro atoms. The van der Waals surface area contributed by atoms with Crippen LogP contribution in [-0.2, 0) is 6.61 Å². The molecule has 4 nitrogen and oxygen atoms in total. The zero-order valence-corrected chi connectivity index (χ0v) is 12.7. The van der Waals surface area contributed by atoms with Crippen molar-refractivity contribution in [1.82, 2.24) is 0 Å². The van der Waals surface area contributed by atoms with Crippen LogP contribution < -0.4 is 15.2 Å². The molecule has 0 aliphatic rings. The number of nitrogens with two attached hydrogens (primary N) is 1. The zero-order valence-electron chi connectivity index (χ0n) is 12.7. The molecule has 2 N–H and O–H groups in total. The summed E-state index contributed by atoms with van der Waals surface area (Å²) in [6.45, 7) is 2.35. The van der Waals surface area contributed by atoms with Crippen molar-refractivity contribution >= 4 is 12.0 Å². The van der Waals surface area contributed by atoms with Gasteiger partial charge in [-0.25, -0.2) is 0 Å². The monoisotopic (exact) mass is 297 g/mol. The Labute approximate surface area is 130 Å². The standard InChI is InChI=1S/C18H19NO3/c1-3-4-13-7-10-16(17(11-13)21-2)22-12-14-5-8-15(9-6-14)18(19)20/h3-11H,12H2,1-2H3,(H2,19,20)/b4-3+. The number of allylic oxidation sites excluding steroid dienone is 1. The molecule has 114 valence electrons. The minimum atomic E-state index is -0.436. The normalized spacial score (nSPS) is 10.6. The van der Waals surface area contributed by atoms with Crippen LogP contribution in [-0.4, -0.2) is 13.0 Å². The van der Waals surface area contributed by atoms with Gasteiger partial charge in [0.25, 0.3) is 0 Å². The Hall–Kier alpha value is -2.75. The zero-order chi connectivity index (χ0) is 15.9. The van der Waals surface area contributed by atoms with E-state index in [2.05, 4.69) is 0 Å². The topological polar surface area (TPSA) is 61.5 Å². The Morgan fingerprint density at radius 3 is 2.45 bits per heavy atom. The molecular weight excluding hydrogens is 278 g/mol. The average Bonchev–Trinajstić information content (AvgIpc) is 2.54. The third-order valence-corrected chi connectivity index (χ3v) is 3.18. The highest BCUT2D eigenvalue weighted by atomic mass is 16.5. The quantitative estimate of drug-likeness (QED) is 0.888. The van der Waals surface area contributed by atoms with Crippen molar-refractivity contribution in [3.05, 3.63) is 65.2 Å². The molecule has 0 saturated carbocycles. The molecule has 0 bridgehead atoms. The van der Waals surface area contributed by atoms with Crippen LogP contribution in [0, 0.1) is 0 Å². The minimum absolute atomic E-state index is 0.387. The lowest BCUT2D eigenvalue weighted by atomic mass is 10.1. The van der Waals surface area contributed by atoms with Crippen LogP contribution in [0.25, 0.3) is 6.08 Å².